The number of hydrogen-bond acceptors (Lipinski definition) is 6. The van der Waals surface area contributed by atoms with Crippen LogP contribution in [0.3, 0.4) is 0 Å². The summed E-state index contributed by atoms with van der Waals surface area (Å²) in [5, 5.41) is 10.8. The predicted molar refractivity (Wildman–Crippen MR) is 141 cm³/mol. The van der Waals surface area contributed by atoms with Gasteiger partial charge in [0.1, 0.15) is 5.03 Å². The standard InChI is InChI=1S/C29H27N3O2S/c1-4-19-6-8-21(9-7-19)17-35-29-25-14-24-23(16-33)15-30-18(3)26(24)34-28(25)31-27(32-29)22-12-10-20(5-2)11-13-22/h4,6-13,15,33H,1,5,14,16-17H2,2-3H3. The summed E-state index contributed by atoms with van der Waals surface area (Å²) in [7, 11) is 0. The molecule has 0 saturated carbocycles. The van der Waals surface area contributed by atoms with Gasteiger partial charge in [-0.3, -0.25) is 4.98 Å². The molecule has 4 aromatic rings. The van der Waals surface area contributed by atoms with Gasteiger partial charge in [-0.2, -0.15) is 4.98 Å². The van der Waals surface area contributed by atoms with Crippen molar-refractivity contribution in [3.63, 3.8) is 0 Å². The van der Waals surface area contributed by atoms with Crippen LogP contribution >= 0.6 is 11.8 Å². The van der Waals surface area contributed by atoms with Crippen LogP contribution in [0.2, 0.25) is 0 Å². The van der Waals surface area contributed by atoms with Crippen molar-refractivity contribution in [2.45, 2.75) is 44.1 Å². The summed E-state index contributed by atoms with van der Waals surface area (Å²) in [4.78, 5) is 14.2. The minimum atomic E-state index is -0.0881. The molecule has 5 rings (SSSR count). The normalized spacial score (nSPS) is 12.0. The largest absolute Gasteiger partial charge is 0.436 e. The molecule has 0 unspecified atom stereocenters. The third-order valence-corrected chi connectivity index (χ3v) is 7.36. The summed E-state index contributed by atoms with van der Waals surface area (Å²) in [5.74, 6) is 2.66. The summed E-state index contributed by atoms with van der Waals surface area (Å²) in [6, 6.07) is 16.7. The molecule has 2 aromatic carbocycles. The molecule has 0 bridgehead atoms. The van der Waals surface area contributed by atoms with Gasteiger partial charge in [-0.1, -0.05) is 68.1 Å². The first kappa shape index (κ1) is 23.3. The molecule has 2 aromatic heterocycles. The molecule has 176 valence electrons. The highest BCUT2D eigenvalue weighted by molar-refractivity contribution is 7.98. The van der Waals surface area contributed by atoms with Crippen molar-refractivity contribution >= 4 is 17.8 Å². The molecule has 0 aliphatic carbocycles. The van der Waals surface area contributed by atoms with Gasteiger partial charge in [0.2, 0.25) is 5.88 Å². The fourth-order valence-corrected chi connectivity index (χ4v) is 5.11. The van der Waals surface area contributed by atoms with Crippen molar-refractivity contribution in [2.24, 2.45) is 0 Å². The Kier molecular flexibility index (Phi) is 6.66. The molecule has 1 N–H and O–H groups in total. The van der Waals surface area contributed by atoms with E-state index >= 15 is 0 Å². The number of aliphatic hydroxyl groups is 1. The van der Waals surface area contributed by atoms with Crippen LogP contribution in [0.5, 0.6) is 11.6 Å². The second kappa shape index (κ2) is 10.0. The van der Waals surface area contributed by atoms with Crippen LogP contribution in [0.4, 0.5) is 0 Å². The van der Waals surface area contributed by atoms with E-state index in [0.717, 1.165) is 50.7 Å². The van der Waals surface area contributed by atoms with Crippen LogP contribution < -0.4 is 4.74 Å². The summed E-state index contributed by atoms with van der Waals surface area (Å²) in [5.41, 5.74) is 7.98. The van der Waals surface area contributed by atoms with E-state index in [9.17, 15) is 5.11 Å². The lowest BCUT2D eigenvalue weighted by molar-refractivity contribution is 0.278. The molecule has 0 saturated heterocycles. The molecule has 0 radical (unpaired) electrons. The maximum absolute atomic E-state index is 9.89. The molecule has 0 amide bonds. The van der Waals surface area contributed by atoms with E-state index in [1.54, 1.807) is 18.0 Å². The number of thioether (sulfide) groups is 1. The molecule has 35 heavy (non-hydrogen) atoms. The van der Waals surface area contributed by atoms with Crippen LogP contribution in [-0.4, -0.2) is 20.1 Å². The van der Waals surface area contributed by atoms with Gasteiger partial charge in [0.05, 0.1) is 17.9 Å². The number of benzene rings is 2. The molecule has 3 heterocycles. The van der Waals surface area contributed by atoms with Gasteiger partial charge < -0.3 is 9.84 Å². The Hall–Kier alpha value is -3.48. The molecular formula is C29H27N3O2S. The van der Waals surface area contributed by atoms with Gasteiger partial charge in [-0.05, 0) is 30.0 Å². The zero-order valence-electron chi connectivity index (χ0n) is 19.9. The minimum absolute atomic E-state index is 0.0881. The maximum atomic E-state index is 9.89. The number of fused-ring (bicyclic) bond motifs is 2. The molecule has 0 atom stereocenters. The zero-order valence-corrected chi connectivity index (χ0v) is 20.7. The number of aromatic nitrogens is 3. The monoisotopic (exact) mass is 481 g/mol. The lowest BCUT2D eigenvalue weighted by atomic mass is 9.99. The Morgan fingerprint density at radius 2 is 1.77 bits per heavy atom. The van der Waals surface area contributed by atoms with E-state index in [1.807, 2.05) is 13.0 Å². The third kappa shape index (κ3) is 4.72. The summed E-state index contributed by atoms with van der Waals surface area (Å²) < 4.78 is 6.33. The quantitative estimate of drug-likeness (QED) is 0.210. The number of pyridine rings is 1. The maximum Gasteiger partial charge on any atom is 0.227 e. The van der Waals surface area contributed by atoms with Crippen molar-refractivity contribution in [1.82, 2.24) is 15.0 Å². The smallest absolute Gasteiger partial charge is 0.227 e. The van der Waals surface area contributed by atoms with Crippen molar-refractivity contribution in [1.29, 1.82) is 0 Å². The Bertz CT molecular complexity index is 1380. The SMILES string of the molecule is C=Cc1ccc(CSc2nc(-c3ccc(CC)cc3)nc3c2Cc2c(CO)cnc(C)c2O3)cc1. The highest BCUT2D eigenvalue weighted by Crippen LogP contribution is 2.43. The number of rotatable bonds is 7. The van der Waals surface area contributed by atoms with Gasteiger partial charge in [-0.15, -0.1) is 11.8 Å². The van der Waals surface area contributed by atoms with E-state index in [1.165, 1.54) is 11.1 Å². The fourth-order valence-electron chi connectivity index (χ4n) is 4.13. The molecule has 0 fully saturated rings. The van der Waals surface area contributed by atoms with Gasteiger partial charge >= 0.3 is 0 Å². The van der Waals surface area contributed by atoms with Crippen LogP contribution in [0.15, 0.2) is 66.3 Å². The van der Waals surface area contributed by atoms with Crippen molar-refractivity contribution in [3.05, 3.63) is 100 Å². The first-order valence-electron chi connectivity index (χ1n) is 11.7. The molecule has 1 aliphatic heterocycles. The first-order valence-corrected chi connectivity index (χ1v) is 12.7. The second-order valence-corrected chi connectivity index (χ2v) is 9.50. The predicted octanol–water partition coefficient (Wildman–Crippen LogP) is 6.53. The third-order valence-electron chi connectivity index (χ3n) is 6.27. The number of ether oxygens (including phenoxy) is 1. The van der Waals surface area contributed by atoms with Gasteiger partial charge in [-0.25, -0.2) is 4.98 Å². The highest BCUT2D eigenvalue weighted by Gasteiger charge is 2.27. The molecular weight excluding hydrogens is 454 g/mol. The lowest BCUT2D eigenvalue weighted by Gasteiger charge is -2.24. The fraction of sp³-hybridized carbons (Fsp3) is 0.207. The average molecular weight is 482 g/mol. The van der Waals surface area contributed by atoms with Crippen molar-refractivity contribution in [2.75, 3.05) is 0 Å². The first-order chi connectivity index (χ1) is 17.1. The average Bonchev–Trinajstić information content (AvgIpc) is 2.91. The van der Waals surface area contributed by atoms with Gasteiger partial charge in [0, 0.05) is 35.1 Å². The number of aliphatic hydroxyl groups excluding tert-OH is 1. The number of hydrogen-bond donors (Lipinski definition) is 1. The number of nitrogens with zero attached hydrogens (tertiary/aromatic N) is 3. The van der Waals surface area contributed by atoms with E-state index < -0.39 is 0 Å². The van der Waals surface area contributed by atoms with Gasteiger partial charge in [0.25, 0.3) is 0 Å². The summed E-state index contributed by atoms with van der Waals surface area (Å²) >= 11 is 1.68. The summed E-state index contributed by atoms with van der Waals surface area (Å²) in [6.07, 6.45) is 5.15. The topological polar surface area (TPSA) is 68.1 Å². The minimum Gasteiger partial charge on any atom is -0.436 e. The van der Waals surface area contributed by atoms with Crippen LogP contribution in [0.1, 0.15) is 46.0 Å². The lowest BCUT2D eigenvalue weighted by Crippen LogP contribution is -2.13. The summed E-state index contributed by atoms with van der Waals surface area (Å²) in [6.45, 7) is 7.80. The second-order valence-electron chi connectivity index (χ2n) is 8.53. The molecule has 0 spiro atoms. The van der Waals surface area contributed by atoms with Crippen LogP contribution in [0.25, 0.3) is 17.5 Å². The molecule has 1 aliphatic rings. The highest BCUT2D eigenvalue weighted by atomic mass is 32.2. The van der Waals surface area contributed by atoms with Crippen molar-refractivity contribution in [3.8, 4) is 23.0 Å². The Balaban J connectivity index is 1.56. The van der Waals surface area contributed by atoms with E-state index in [-0.39, 0.29) is 6.61 Å². The van der Waals surface area contributed by atoms with E-state index in [2.05, 4.69) is 67.0 Å². The molecule has 6 heteroatoms. The zero-order chi connectivity index (χ0) is 24.4. The Morgan fingerprint density at radius 1 is 1.03 bits per heavy atom. The van der Waals surface area contributed by atoms with E-state index in [0.29, 0.717) is 23.9 Å². The van der Waals surface area contributed by atoms with Crippen LogP contribution in [0, 0.1) is 6.92 Å². The molecule has 5 nitrogen and oxygen atoms in total. The van der Waals surface area contributed by atoms with Gasteiger partial charge in [0.15, 0.2) is 11.6 Å². The number of aryl methyl sites for hydroxylation is 2. The Labute approximate surface area is 210 Å². The Morgan fingerprint density at radius 3 is 2.46 bits per heavy atom. The van der Waals surface area contributed by atoms with Crippen LogP contribution in [-0.2, 0) is 25.2 Å². The van der Waals surface area contributed by atoms with Crippen molar-refractivity contribution < 1.29 is 9.84 Å². The van der Waals surface area contributed by atoms with E-state index in [4.69, 9.17) is 14.7 Å².